The summed E-state index contributed by atoms with van der Waals surface area (Å²) in [7, 11) is 1.93. The molecule has 0 aliphatic carbocycles. The summed E-state index contributed by atoms with van der Waals surface area (Å²) < 4.78 is 22.3. The van der Waals surface area contributed by atoms with E-state index in [0.29, 0.717) is 22.3 Å². The molecule has 0 radical (unpaired) electrons. The molecular weight excluding hydrogens is 303 g/mol. The molecule has 0 fully saturated rings. The Bertz CT molecular complexity index is 1150. The van der Waals surface area contributed by atoms with Crippen molar-refractivity contribution in [2.24, 2.45) is 7.05 Å². The smallest absolute Gasteiger partial charge is 0.213 e. The van der Waals surface area contributed by atoms with Gasteiger partial charge in [-0.15, -0.1) is 0 Å². The number of aryl methyl sites for hydroxylation is 1. The van der Waals surface area contributed by atoms with E-state index >= 15 is 0 Å². The first-order valence-corrected chi connectivity index (χ1v) is 7.60. The van der Waals surface area contributed by atoms with E-state index in [1.165, 1.54) is 6.07 Å². The van der Waals surface area contributed by atoms with Gasteiger partial charge in [-0.05, 0) is 36.8 Å². The third kappa shape index (κ3) is 1.99. The second-order valence-corrected chi connectivity index (χ2v) is 5.85. The van der Waals surface area contributed by atoms with Crippen LogP contribution in [0.1, 0.15) is 11.1 Å². The molecule has 4 aromatic rings. The highest BCUT2D eigenvalue weighted by molar-refractivity contribution is 6.12. The highest BCUT2D eigenvalue weighted by atomic mass is 19.1. The van der Waals surface area contributed by atoms with Gasteiger partial charge in [0.15, 0.2) is 6.20 Å². The predicted molar refractivity (Wildman–Crippen MR) is 89.7 cm³/mol. The van der Waals surface area contributed by atoms with Crippen molar-refractivity contribution >= 4 is 21.9 Å². The van der Waals surface area contributed by atoms with Crippen molar-refractivity contribution in [3.63, 3.8) is 0 Å². The van der Waals surface area contributed by atoms with Crippen molar-refractivity contribution in [2.75, 3.05) is 0 Å². The van der Waals surface area contributed by atoms with Gasteiger partial charge in [-0.25, -0.2) is 8.96 Å². The largest absolute Gasteiger partial charge is 0.456 e. The van der Waals surface area contributed by atoms with Crippen molar-refractivity contribution in [3.8, 4) is 17.3 Å². The SMILES string of the molecule is Cc1c(F)cc2oc3cc(C#N)ccc3c2c1-c1cccc[n+]1C. The summed E-state index contributed by atoms with van der Waals surface area (Å²) in [4.78, 5) is 0. The Labute approximate surface area is 138 Å². The van der Waals surface area contributed by atoms with E-state index in [1.807, 2.05) is 42.1 Å². The molecule has 0 spiro atoms. The molecular formula is C20H14FN2O+. The fourth-order valence-corrected chi connectivity index (χ4v) is 3.18. The van der Waals surface area contributed by atoms with Crippen molar-refractivity contribution < 1.29 is 13.4 Å². The Hall–Kier alpha value is -3.19. The highest BCUT2D eigenvalue weighted by Gasteiger charge is 2.22. The van der Waals surface area contributed by atoms with Gasteiger partial charge in [0.1, 0.15) is 24.0 Å². The fraction of sp³-hybridized carbons (Fsp3) is 0.100. The summed E-state index contributed by atoms with van der Waals surface area (Å²) in [5, 5.41) is 10.8. The summed E-state index contributed by atoms with van der Waals surface area (Å²) in [6, 6.07) is 14.7. The highest BCUT2D eigenvalue weighted by Crippen LogP contribution is 2.38. The molecule has 0 saturated heterocycles. The number of aromatic nitrogens is 1. The third-order valence-electron chi connectivity index (χ3n) is 4.40. The molecule has 2 aromatic heterocycles. The molecule has 0 atom stereocenters. The molecule has 0 aliphatic rings. The topological polar surface area (TPSA) is 40.8 Å². The first kappa shape index (κ1) is 14.4. The minimum absolute atomic E-state index is 0.305. The Balaban J connectivity index is 2.21. The van der Waals surface area contributed by atoms with Crippen LogP contribution in [0, 0.1) is 24.1 Å². The average molecular weight is 317 g/mol. The summed E-state index contributed by atoms with van der Waals surface area (Å²) in [6.45, 7) is 1.78. The molecule has 3 nitrogen and oxygen atoms in total. The number of hydrogen-bond donors (Lipinski definition) is 0. The van der Waals surface area contributed by atoms with E-state index in [1.54, 1.807) is 19.1 Å². The third-order valence-corrected chi connectivity index (χ3v) is 4.40. The summed E-state index contributed by atoms with van der Waals surface area (Å²) in [5.74, 6) is -0.305. The summed E-state index contributed by atoms with van der Waals surface area (Å²) in [6.07, 6.45) is 1.93. The van der Waals surface area contributed by atoms with Crippen molar-refractivity contribution in [1.82, 2.24) is 0 Å². The van der Waals surface area contributed by atoms with E-state index < -0.39 is 0 Å². The van der Waals surface area contributed by atoms with Gasteiger partial charge in [-0.2, -0.15) is 5.26 Å². The monoisotopic (exact) mass is 317 g/mol. The molecule has 4 rings (SSSR count). The number of halogens is 1. The first-order valence-electron chi connectivity index (χ1n) is 7.60. The predicted octanol–water partition coefficient (Wildman–Crippen LogP) is 4.40. The van der Waals surface area contributed by atoms with E-state index in [2.05, 4.69) is 6.07 Å². The lowest BCUT2D eigenvalue weighted by molar-refractivity contribution is -0.660. The van der Waals surface area contributed by atoms with Crippen LogP contribution in [-0.4, -0.2) is 0 Å². The number of furan rings is 1. The molecule has 2 aromatic carbocycles. The van der Waals surface area contributed by atoms with Gasteiger partial charge in [0.25, 0.3) is 0 Å². The van der Waals surface area contributed by atoms with Crippen LogP contribution in [0.25, 0.3) is 33.2 Å². The minimum atomic E-state index is -0.305. The molecule has 0 unspecified atom stereocenters. The Morgan fingerprint density at radius 1 is 1.12 bits per heavy atom. The van der Waals surface area contributed by atoms with E-state index in [4.69, 9.17) is 9.68 Å². The Morgan fingerprint density at radius 2 is 1.96 bits per heavy atom. The Morgan fingerprint density at radius 3 is 2.71 bits per heavy atom. The van der Waals surface area contributed by atoms with Crippen LogP contribution in [-0.2, 0) is 7.05 Å². The van der Waals surface area contributed by atoms with Gasteiger partial charge in [-0.3, -0.25) is 0 Å². The fourth-order valence-electron chi connectivity index (χ4n) is 3.18. The zero-order chi connectivity index (χ0) is 16.8. The quantitative estimate of drug-likeness (QED) is 0.488. The van der Waals surface area contributed by atoms with Crippen molar-refractivity contribution in [1.29, 1.82) is 5.26 Å². The molecule has 2 heterocycles. The number of hydrogen-bond acceptors (Lipinski definition) is 2. The van der Waals surface area contributed by atoms with Crippen LogP contribution in [0.5, 0.6) is 0 Å². The number of fused-ring (bicyclic) bond motifs is 3. The molecule has 116 valence electrons. The second kappa shape index (κ2) is 5.17. The number of nitriles is 1. The first-order chi connectivity index (χ1) is 11.6. The lowest BCUT2D eigenvalue weighted by Crippen LogP contribution is -2.30. The van der Waals surface area contributed by atoms with Gasteiger partial charge in [-0.1, -0.05) is 0 Å². The average Bonchev–Trinajstić information content (AvgIpc) is 2.93. The number of rotatable bonds is 1. The maximum atomic E-state index is 14.5. The van der Waals surface area contributed by atoms with Gasteiger partial charge in [0.05, 0.1) is 17.2 Å². The van der Waals surface area contributed by atoms with Gasteiger partial charge >= 0.3 is 0 Å². The second-order valence-electron chi connectivity index (χ2n) is 5.85. The lowest BCUT2D eigenvalue weighted by atomic mass is 9.97. The van der Waals surface area contributed by atoms with E-state index in [0.717, 1.165) is 22.0 Å². The molecule has 0 aliphatic heterocycles. The van der Waals surface area contributed by atoms with Gasteiger partial charge < -0.3 is 4.42 Å². The zero-order valence-corrected chi connectivity index (χ0v) is 13.3. The minimum Gasteiger partial charge on any atom is -0.456 e. The maximum absolute atomic E-state index is 14.5. The van der Waals surface area contributed by atoms with Gasteiger partial charge in [0, 0.05) is 29.0 Å². The van der Waals surface area contributed by atoms with Crippen LogP contribution >= 0.6 is 0 Å². The maximum Gasteiger partial charge on any atom is 0.213 e. The molecule has 0 N–H and O–H groups in total. The van der Waals surface area contributed by atoms with Crippen molar-refractivity contribution in [2.45, 2.75) is 6.92 Å². The van der Waals surface area contributed by atoms with E-state index in [9.17, 15) is 4.39 Å². The zero-order valence-electron chi connectivity index (χ0n) is 13.3. The Kier molecular flexibility index (Phi) is 3.10. The van der Waals surface area contributed by atoms with Crippen LogP contribution in [0.4, 0.5) is 4.39 Å². The number of nitrogens with zero attached hydrogens (tertiary/aromatic N) is 2. The number of benzene rings is 2. The van der Waals surface area contributed by atoms with Crippen LogP contribution in [0.3, 0.4) is 0 Å². The molecule has 4 heteroatoms. The standard InChI is InChI=1S/C20H14FN2O/c1-12-15(21)10-18-20(19(12)16-5-3-4-8-23(16)2)14-7-6-13(11-22)9-17(14)24-18/h3-10H,1-2H3/q+1. The normalized spacial score (nSPS) is 11.1. The van der Waals surface area contributed by atoms with Crippen LogP contribution in [0.15, 0.2) is 53.1 Å². The van der Waals surface area contributed by atoms with E-state index in [-0.39, 0.29) is 5.82 Å². The summed E-state index contributed by atoms with van der Waals surface area (Å²) >= 11 is 0. The summed E-state index contributed by atoms with van der Waals surface area (Å²) in [5.41, 5.74) is 3.90. The van der Waals surface area contributed by atoms with Crippen molar-refractivity contribution in [3.05, 3.63) is 65.6 Å². The molecule has 0 saturated carbocycles. The van der Waals surface area contributed by atoms with Crippen LogP contribution < -0.4 is 4.57 Å². The number of pyridine rings is 1. The van der Waals surface area contributed by atoms with Crippen LogP contribution in [0.2, 0.25) is 0 Å². The van der Waals surface area contributed by atoms with Gasteiger partial charge in [0.2, 0.25) is 5.69 Å². The molecule has 0 amide bonds. The molecule has 0 bridgehead atoms. The lowest BCUT2D eigenvalue weighted by Gasteiger charge is -2.07. The molecule has 24 heavy (non-hydrogen) atoms.